The molecule has 0 saturated heterocycles. The van der Waals surface area contributed by atoms with Crippen molar-refractivity contribution < 1.29 is 44.1 Å². The first-order valence-electron chi connectivity index (χ1n) is 11.4. The molecule has 5 atom stereocenters. The Morgan fingerprint density at radius 2 is 1.43 bits per heavy atom. The van der Waals surface area contributed by atoms with Gasteiger partial charge < -0.3 is 42.7 Å². The Balaban J connectivity index is 3.06. The van der Waals surface area contributed by atoms with E-state index in [0.717, 1.165) is 0 Å². The van der Waals surface area contributed by atoms with Gasteiger partial charge in [-0.15, -0.1) is 0 Å². The molecule has 0 aliphatic carbocycles. The zero-order valence-corrected chi connectivity index (χ0v) is 20.3. The Hall–Kier alpha value is -4.04. The SMILES string of the molecule is CC(O)C(NC(=O)C(N)CCC(=O)O)C(=O)NC(Cc1ccccc1)C(=O)NC(CCC(N)=O)C(=O)O. The van der Waals surface area contributed by atoms with E-state index in [1.165, 1.54) is 6.92 Å². The molecule has 1 rings (SSSR count). The fraction of sp³-hybridized carbons (Fsp3) is 0.478. The van der Waals surface area contributed by atoms with Crippen molar-refractivity contribution in [3.8, 4) is 0 Å². The summed E-state index contributed by atoms with van der Waals surface area (Å²) in [5.74, 6) is -6.07. The van der Waals surface area contributed by atoms with Gasteiger partial charge in [0.1, 0.15) is 18.1 Å². The van der Waals surface area contributed by atoms with Crippen molar-refractivity contribution in [1.82, 2.24) is 16.0 Å². The first kappa shape index (κ1) is 31.0. The summed E-state index contributed by atoms with van der Waals surface area (Å²) in [5, 5.41) is 35.1. The first-order chi connectivity index (χ1) is 17.3. The van der Waals surface area contributed by atoms with Crippen LogP contribution in [0.1, 0.15) is 38.2 Å². The van der Waals surface area contributed by atoms with E-state index in [0.29, 0.717) is 5.56 Å². The van der Waals surface area contributed by atoms with Crippen molar-refractivity contribution >= 4 is 35.6 Å². The van der Waals surface area contributed by atoms with Crippen LogP contribution in [0.3, 0.4) is 0 Å². The van der Waals surface area contributed by atoms with Crippen LogP contribution in [0.25, 0.3) is 0 Å². The molecule has 0 heterocycles. The minimum atomic E-state index is -1.56. The highest BCUT2D eigenvalue weighted by Crippen LogP contribution is 2.07. The van der Waals surface area contributed by atoms with Crippen LogP contribution in [-0.2, 0) is 35.2 Å². The van der Waals surface area contributed by atoms with E-state index < -0.39 is 65.8 Å². The number of hydrogen-bond acceptors (Lipinski definition) is 8. The third-order valence-electron chi connectivity index (χ3n) is 5.28. The third kappa shape index (κ3) is 11.5. The molecule has 5 unspecified atom stereocenters. The van der Waals surface area contributed by atoms with Gasteiger partial charge >= 0.3 is 11.9 Å². The molecule has 0 spiro atoms. The van der Waals surface area contributed by atoms with E-state index in [9.17, 15) is 39.0 Å². The smallest absolute Gasteiger partial charge is 0.326 e. The highest BCUT2D eigenvalue weighted by molar-refractivity contribution is 5.94. The molecule has 0 radical (unpaired) electrons. The molecule has 0 aromatic heterocycles. The Morgan fingerprint density at radius 3 is 1.95 bits per heavy atom. The van der Waals surface area contributed by atoms with E-state index in [-0.39, 0.29) is 32.1 Å². The summed E-state index contributed by atoms with van der Waals surface area (Å²) < 4.78 is 0. The molecule has 0 saturated carbocycles. The van der Waals surface area contributed by atoms with Gasteiger partial charge in [0.2, 0.25) is 23.6 Å². The van der Waals surface area contributed by atoms with Gasteiger partial charge in [-0.1, -0.05) is 30.3 Å². The number of benzene rings is 1. The molecule has 10 N–H and O–H groups in total. The lowest BCUT2D eigenvalue weighted by Gasteiger charge is -2.26. The number of nitrogens with two attached hydrogens (primary N) is 2. The third-order valence-corrected chi connectivity index (χ3v) is 5.28. The van der Waals surface area contributed by atoms with E-state index in [2.05, 4.69) is 16.0 Å². The summed E-state index contributed by atoms with van der Waals surface area (Å²) in [5.41, 5.74) is 11.3. The topological polar surface area (TPSA) is 251 Å². The van der Waals surface area contributed by atoms with Crippen LogP contribution in [0, 0.1) is 0 Å². The molecule has 1 aromatic carbocycles. The number of primary amides is 1. The second-order valence-corrected chi connectivity index (χ2v) is 8.42. The maximum atomic E-state index is 13.0. The van der Waals surface area contributed by atoms with Crippen molar-refractivity contribution in [2.45, 2.75) is 69.3 Å². The molecular formula is C23H33N5O9. The number of rotatable bonds is 16. The van der Waals surface area contributed by atoms with Gasteiger partial charge in [0.05, 0.1) is 12.1 Å². The molecule has 0 bridgehead atoms. The molecule has 14 heteroatoms. The minimum absolute atomic E-state index is 0.0703. The van der Waals surface area contributed by atoms with E-state index in [4.69, 9.17) is 16.6 Å². The number of carbonyl (C=O) groups excluding carboxylic acids is 4. The van der Waals surface area contributed by atoms with Crippen LogP contribution < -0.4 is 27.4 Å². The van der Waals surface area contributed by atoms with Gasteiger partial charge in [-0.25, -0.2) is 4.79 Å². The van der Waals surface area contributed by atoms with Gasteiger partial charge in [0, 0.05) is 19.3 Å². The first-order valence-corrected chi connectivity index (χ1v) is 11.4. The number of carbonyl (C=O) groups is 6. The zero-order valence-electron chi connectivity index (χ0n) is 20.3. The lowest BCUT2D eigenvalue weighted by atomic mass is 10.0. The second-order valence-electron chi connectivity index (χ2n) is 8.42. The lowest BCUT2D eigenvalue weighted by Crippen LogP contribution is -2.60. The highest BCUT2D eigenvalue weighted by Gasteiger charge is 2.32. The Bertz CT molecular complexity index is 971. The molecule has 1 aromatic rings. The number of carboxylic acid groups (broad SMARTS) is 2. The number of carboxylic acids is 2. The van der Waals surface area contributed by atoms with Gasteiger partial charge in [-0.2, -0.15) is 0 Å². The van der Waals surface area contributed by atoms with E-state index in [1.54, 1.807) is 30.3 Å². The summed E-state index contributed by atoms with van der Waals surface area (Å²) >= 11 is 0. The highest BCUT2D eigenvalue weighted by atomic mass is 16.4. The summed E-state index contributed by atoms with van der Waals surface area (Å²) in [6, 6.07) is 2.84. The summed E-state index contributed by atoms with van der Waals surface area (Å²) in [6.45, 7) is 1.21. The van der Waals surface area contributed by atoms with Crippen molar-refractivity contribution in [2.24, 2.45) is 11.5 Å². The normalized spacial score (nSPS) is 14.8. The van der Waals surface area contributed by atoms with E-state index in [1.807, 2.05) is 0 Å². The van der Waals surface area contributed by atoms with Gasteiger partial charge in [-0.3, -0.25) is 24.0 Å². The van der Waals surface area contributed by atoms with Crippen LogP contribution in [0.4, 0.5) is 0 Å². The molecule has 37 heavy (non-hydrogen) atoms. The standard InChI is InChI=1S/C23H33N5O9/c1-12(29)19(28-20(33)14(24)7-10-18(31)32)22(35)27-16(11-13-5-3-2-4-6-13)21(34)26-15(23(36)37)8-9-17(25)30/h2-6,12,14-16,19,29H,7-11,24H2,1H3,(H2,25,30)(H,26,34)(H,27,35)(H,28,33)(H,31,32)(H,36,37). The summed E-state index contributed by atoms with van der Waals surface area (Å²) in [6.07, 6.45) is -2.68. The maximum Gasteiger partial charge on any atom is 0.326 e. The average molecular weight is 524 g/mol. The molecule has 4 amide bonds. The van der Waals surface area contributed by atoms with Crippen molar-refractivity contribution in [3.63, 3.8) is 0 Å². The number of aliphatic carboxylic acids is 2. The quantitative estimate of drug-likeness (QED) is 0.114. The summed E-state index contributed by atoms with van der Waals surface area (Å²) in [4.78, 5) is 71.6. The number of aliphatic hydroxyl groups excluding tert-OH is 1. The van der Waals surface area contributed by atoms with Crippen LogP contribution in [0.15, 0.2) is 30.3 Å². The fourth-order valence-corrected chi connectivity index (χ4v) is 3.21. The average Bonchev–Trinajstić information content (AvgIpc) is 2.82. The lowest BCUT2D eigenvalue weighted by molar-refractivity contribution is -0.143. The van der Waals surface area contributed by atoms with E-state index >= 15 is 0 Å². The molecule has 204 valence electrons. The number of amides is 4. The maximum absolute atomic E-state index is 13.0. The number of aliphatic hydroxyl groups is 1. The van der Waals surface area contributed by atoms with Crippen molar-refractivity contribution in [1.29, 1.82) is 0 Å². The summed E-state index contributed by atoms with van der Waals surface area (Å²) in [7, 11) is 0. The van der Waals surface area contributed by atoms with Crippen molar-refractivity contribution in [3.05, 3.63) is 35.9 Å². The molecule has 0 aliphatic heterocycles. The van der Waals surface area contributed by atoms with Crippen LogP contribution >= 0.6 is 0 Å². The zero-order chi connectivity index (χ0) is 28.1. The molecular weight excluding hydrogens is 490 g/mol. The number of nitrogens with one attached hydrogen (secondary N) is 3. The van der Waals surface area contributed by atoms with Gasteiger partial charge in [-0.05, 0) is 25.3 Å². The second kappa shape index (κ2) is 15.2. The Morgan fingerprint density at radius 1 is 0.838 bits per heavy atom. The Kier molecular flexibility index (Phi) is 12.7. The van der Waals surface area contributed by atoms with Crippen LogP contribution in [0.2, 0.25) is 0 Å². The minimum Gasteiger partial charge on any atom is -0.481 e. The molecule has 0 fully saturated rings. The predicted molar refractivity (Wildman–Crippen MR) is 129 cm³/mol. The number of hydrogen-bond donors (Lipinski definition) is 8. The monoisotopic (exact) mass is 523 g/mol. The fourth-order valence-electron chi connectivity index (χ4n) is 3.21. The van der Waals surface area contributed by atoms with Crippen LogP contribution in [0.5, 0.6) is 0 Å². The van der Waals surface area contributed by atoms with Gasteiger partial charge in [0.15, 0.2) is 0 Å². The van der Waals surface area contributed by atoms with Crippen LogP contribution in [-0.4, -0.2) is 81.2 Å². The largest absolute Gasteiger partial charge is 0.481 e. The van der Waals surface area contributed by atoms with Gasteiger partial charge in [0.25, 0.3) is 0 Å². The Labute approximate surface area is 212 Å². The molecule has 0 aliphatic rings. The molecule has 14 nitrogen and oxygen atoms in total. The predicted octanol–water partition coefficient (Wildman–Crippen LogP) is -2.39. The van der Waals surface area contributed by atoms with Crippen molar-refractivity contribution in [2.75, 3.05) is 0 Å².